The average molecular weight is 221 g/mol. The van der Waals surface area contributed by atoms with Gasteiger partial charge in [-0.1, -0.05) is 6.07 Å². The van der Waals surface area contributed by atoms with Gasteiger partial charge >= 0.3 is 0 Å². The van der Waals surface area contributed by atoms with E-state index in [1.807, 2.05) is 0 Å². The van der Waals surface area contributed by atoms with Crippen molar-refractivity contribution in [3.05, 3.63) is 29.6 Å². The lowest BCUT2D eigenvalue weighted by Crippen LogP contribution is -2.21. The number of rotatable bonds is 3. The fourth-order valence-electron chi connectivity index (χ4n) is 1.12. The van der Waals surface area contributed by atoms with Gasteiger partial charge in [0, 0.05) is 24.2 Å². The lowest BCUT2D eigenvalue weighted by Gasteiger charge is -2.13. The minimum atomic E-state index is -0.343. The van der Waals surface area contributed by atoms with Crippen LogP contribution in [0.2, 0.25) is 0 Å². The van der Waals surface area contributed by atoms with Gasteiger partial charge in [0.25, 0.3) is 0 Å². The number of halogens is 2. The third-order valence-electron chi connectivity index (χ3n) is 1.85. The second-order valence-corrected chi connectivity index (χ2v) is 2.73. The quantitative estimate of drug-likeness (QED) is 0.805. The monoisotopic (exact) mass is 220 g/mol. The molecule has 0 aromatic heterocycles. The molecule has 0 bridgehead atoms. The van der Waals surface area contributed by atoms with Crippen LogP contribution in [0.5, 0.6) is 5.75 Å². The number of methoxy groups -OCH3 is 1. The Morgan fingerprint density at radius 1 is 1.50 bits per heavy atom. The molecule has 80 valence electrons. The maximum atomic E-state index is 12.7. The summed E-state index contributed by atoms with van der Waals surface area (Å²) in [6.45, 7) is 0.308. The van der Waals surface area contributed by atoms with E-state index < -0.39 is 0 Å². The molecule has 1 aromatic rings. The molecule has 0 amide bonds. The van der Waals surface area contributed by atoms with Crippen LogP contribution in [0.3, 0.4) is 0 Å². The van der Waals surface area contributed by atoms with Crippen LogP contribution in [-0.2, 0) is 0 Å². The normalized spacial score (nSPS) is 11.7. The van der Waals surface area contributed by atoms with Gasteiger partial charge in [-0.05, 0) is 6.07 Å². The summed E-state index contributed by atoms with van der Waals surface area (Å²) < 4.78 is 17.7. The van der Waals surface area contributed by atoms with Crippen molar-refractivity contribution in [2.24, 2.45) is 11.5 Å². The van der Waals surface area contributed by atoms with Crippen LogP contribution in [0.4, 0.5) is 4.39 Å². The van der Waals surface area contributed by atoms with E-state index in [2.05, 4.69) is 0 Å². The first-order valence-corrected chi connectivity index (χ1v) is 3.98. The van der Waals surface area contributed by atoms with Crippen molar-refractivity contribution in [2.75, 3.05) is 13.7 Å². The predicted molar refractivity (Wildman–Crippen MR) is 56.2 cm³/mol. The zero-order valence-electron chi connectivity index (χ0n) is 7.87. The number of benzene rings is 1. The highest BCUT2D eigenvalue weighted by molar-refractivity contribution is 5.85. The molecule has 14 heavy (non-hydrogen) atoms. The molecule has 1 rings (SSSR count). The van der Waals surface area contributed by atoms with E-state index in [1.54, 1.807) is 6.07 Å². The minimum Gasteiger partial charge on any atom is -0.496 e. The Kier molecular flexibility index (Phi) is 5.45. The van der Waals surface area contributed by atoms with Crippen molar-refractivity contribution in [2.45, 2.75) is 6.04 Å². The highest BCUT2D eigenvalue weighted by atomic mass is 35.5. The van der Waals surface area contributed by atoms with Crippen molar-refractivity contribution >= 4 is 12.4 Å². The fourth-order valence-corrected chi connectivity index (χ4v) is 1.12. The van der Waals surface area contributed by atoms with Gasteiger partial charge in [-0.25, -0.2) is 4.39 Å². The molecule has 0 radical (unpaired) electrons. The van der Waals surface area contributed by atoms with E-state index in [1.165, 1.54) is 19.2 Å². The molecule has 1 aromatic carbocycles. The third kappa shape index (κ3) is 2.83. The zero-order chi connectivity index (χ0) is 9.84. The summed E-state index contributed by atoms with van der Waals surface area (Å²) in [6, 6.07) is 3.92. The van der Waals surface area contributed by atoms with E-state index in [4.69, 9.17) is 16.2 Å². The highest BCUT2D eigenvalue weighted by Crippen LogP contribution is 2.23. The molecule has 0 spiro atoms. The summed E-state index contributed by atoms with van der Waals surface area (Å²) in [5.41, 5.74) is 11.8. The number of hydrogen-bond acceptors (Lipinski definition) is 3. The van der Waals surface area contributed by atoms with Crippen LogP contribution in [0.1, 0.15) is 11.6 Å². The molecule has 1 atom stereocenters. The van der Waals surface area contributed by atoms with Crippen molar-refractivity contribution in [1.29, 1.82) is 0 Å². The first kappa shape index (κ1) is 13.2. The molecule has 0 unspecified atom stereocenters. The lowest BCUT2D eigenvalue weighted by molar-refractivity contribution is 0.402. The molecule has 4 N–H and O–H groups in total. The van der Waals surface area contributed by atoms with Gasteiger partial charge in [-0.3, -0.25) is 0 Å². The summed E-state index contributed by atoms with van der Waals surface area (Å²) in [5, 5.41) is 0. The Balaban J connectivity index is 0.00000169. The van der Waals surface area contributed by atoms with Crippen molar-refractivity contribution in [1.82, 2.24) is 0 Å². The molecule has 0 aliphatic rings. The van der Waals surface area contributed by atoms with Gasteiger partial charge in [-0.15, -0.1) is 12.4 Å². The van der Waals surface area contributed by atoms with Gasteiger partial charge < -0.3 is 16.2 Å². The van der Waals surface area contributed by atoms with Crippen LogP contribution in [0, 0.1) is 5.82 Å². The molecular weight excluding hydrogens is 207 g/mol. The van der Waals surface area contributed by atoms with Crippen molar-refractivity contribution in [3.8, 4) is 5.75 Å². The van der Waals surface area contributed by atoms with Gasteiger partial charge in [0.05, 0.1) is 7.11 Å². The van der Waals surface area contributed by atoms with Crippen LogP contribution in [0.25, 0.3) is 0 Å². The smallest absolute Gasteiger partial charge is 0.126 e. The Morgan fingerprint density at radius 2 is 2.14 bits per heavy atom. The van der Waals surface area contributed by atoms with Gasteiger partial charge in [0.2, 0.25) is 0 Å². The van der Waals surface area contributed by atoms with Gasteiger partial charge in [0.15, 0.2) is 0 Å². The summed E-state index contributed by atoms with van der Waals surface area (Å²) in [7, 11) is 1.47. The summed E-state index contributed by atoms with van der Waals surface area (Å²) in [5.74, 6) is 0.0998. The maximum Gasteiger partial charge on any atom is 0.126 e. The second-order valence-electron chi connectivity index (χ2n) is 2.73. The Labute approximate surface area is 88.6 Å². The number of hydrogen-bond donors (Lipinski definition) is 2. The molecule has 0 aliphatic heterocycles. The number of ether oxygens (including phenoxy) is 1. The van der Waals surface area contributed by atoms with Gasteiger partial charge in [0.1, 0.15) is 11.6 Å². The van der Waals surface area contributed by atoms with E-state index >= 15 is 0 Å². The SMILES string of the molecule is COc1cc(F)ccc1[C@@H](N)CN.Cl. The molecular formula is C9H14ClFN2O. The number of nitrogens with two attached hydrogens (primary N) is 2. The molecule has 0 saturated heterocycles. The van der Waals surface area contributed by atoms with E-state index in [0.29, 0.717) is 12.3 Å². The molecule has 0 saturated carbocycles. The summed E-state index contributed by atoms with van der Waals surface area (Å²) in [6.07, 6.45) is 0. The van der Waals surface area contributed by atoms with Crippen LogP contribution >= 0.6 is 12.4 Å². The van der Waals surface area contributed by atoms with Crippen LogP contribution in [-0.4, -0.2) is 13.7 Å². The summed E-state index contributed by atoms with van der Waals surface area (Å²) in [4.78, 5) is 0. The minimum absolute atomic E-state index is 0. The predicted octanol–water partition coefficient (Wildman–Crippen LogP) is 1.21. The lowest BCUT2D eigenvalue weighted by atomic mass is 10.1. The van der Waals surface area contributed by atoms with E-state index in [-0.39, 0.29) is 24.3 Å². The van der Waals surface area contributed by atoms with Crippen molar-refractivity contribution < 1.29 is 9.13 Å². The van der Waals surface area contributed by atoms with Crippen LogP contribution < -0.4 is 16.2 Å². The molecule has 0 heterocycles. The van der Waals surface area contributed by atoms with Crippen molar-refractivity contribution in [3.63, 3.8) is 0 Å². The van der Waals surface area contributed by atoms with Gasteiger partial charge in [-0.2, -0.15) is 0 Å². The molecule has 3 nitrogen and oxygen atoms in total. The Morgan fingerprint density at radius 3 is 2.64 bits per heavy atom. The van der Waals surface area contributed by atoms with E-state index in [0.717, 1.165) is 5.56 Å². The van der Waals surface area contributed by atoms with E-state index in [9.17, 15) is 4.39 Å². The molecule has 0 fully saturated rings. The fraction of sp³-hybridized carbons (Fsp3) is 0.333. The summed E-state index contributed by atoms with van der Waals surface area (Å²) >= 11 is 0. The maximum absolute atomic E-state index is 12.7. The average Bonchev–Trinajstić information content (AvgIpc) is 2.16. The third-order valence-corrected chi connectivity index (χ3v) is 1.85. The first-order valence-electron chi connectivity index (χ1n) is 3.98. The standard InChI is InChI=1S/C9H13FN2O.ClH/c1-13-9-4-6(10)2-3-7(9)8(12)5-11;/h2-4,8H,5,11-12H2,1H3;1H/t8-;/m0./s1. The zero-order valence-corrected chi connectivity index (χ0v) is 8.68. The Bertz CT molecular complexity index is 296. The topological polar surface area (TPSA) is 61.3 Å². The first-order chi connectivity index (χ1) is 6.19. The highest BCUT2D eigenvalue weighted by Gasteiger charge is 2.10. The second kappa shape index (κ2) is 5.80. The molecule has 0 aliphatic carbocycles. The molecule has 5 heteroatoms. The van der Waals surface area contributed by atoms with Crippen LogP contribution in [0.15, 0.2) is 18.2 Å². The largest absolute Gasteiger partial charge is 0.496 e. The Hall–Kier alpha value is -0.840.